The molecule has 0 bridgehead atoms. The van der Waals surface area contributed by atoms with Gasteiger partial charge in [0.05, 0.1) is 11.5 Å². The van der Waals surface area contributed by atoms with Crippen LogP contribution in [0.2, 0.25) is 0 Å². The molecule has 2 amide bonds. The van der Waals surface area contributed by atoms with E-state index in [1.165, 1.54) is 23.4 Å². The van der Waals surface area contributed by atoms with Crippen molar-refractivity contribution in [3.05, 3.63) is 60.3 Å². The van der Waals surface area contributed by atoms with Gasteiger partial charge >= 0.3 is 0 Å². The molecule has 1 saturated heterocycles. The van der Waals surface area contributed by atoms with E-state index in [9.17, 15) is 18.0 Å². The summed E-state index contributed by atoms with van der Waals surface area (Å²) in [7, 11) is -2.11. The summed E-state index contributed by atoms with van der Waals surface area (Å²) < 4.78 is 34.8. The third-order valence-electron chi connectivity index (χ3n) is 5.98. The summed E-state index contributed by atoms with van der Waals surface area (Å²) >= 11 is 0. The first-order chi connectivity index (χ1) is 16.3. The summed E-state index contributed by atoms with van der Waals surface area (Å²) in [4.78, 5) is 26.1. The molecule has 34 heavy (non-hydrogen) atoms. The van der Waals surface area contributed by atoms with Crippen molar-refractivity contribution in [1.29, 1.82) is 0 Å². The summed E-state index contributed by atoms with van der Waals surface area (Å²) in [5, 5.41) is 3.84. The summed E-state index contributed by atoms with van der Waals surface area (Å²) in [6, 6.07) is 13.6. The van der Waals surface area contributed by atoms with Crippen LogP contribution in [0.25, 0.3) is 10.9 Å². The van der Waals surface area contributed by atoms with Crippen molar-refractivity contribution in [2.75, 3.05) is 45.2 Å². The predicted molar refractivity (Wildman–Crippen MR) is 129 cm³/mol. The maximum absolute atomic E-state index is 13.1. The molecule has 0 spiro atoms. The second kappa shape index (κ2) is 9.96. The number of hydrogen-bond donors (Lipinski definition) is 1. The molecule has 9 nitrogen and oxygen atoms in total. The monoisotopic (exact) mass is 484 g/mol. The number of rotatable bonds is 7. The first-order valence-electron chi connectivity index (χ1n) is 11.0. The Labute approximate surface area is 198 Å². The van der Waals surface area contributed by atoms with Crippen LogP contribution < -0.4 is 5.32 Å². The number of fused-ring (bicyclic) bond motifs is 1. The van der Waals surface area contributed by atoms with Crippen LogP contribution in [0.1, 0.15) is 17.3 Å². The molecule has 4 rings (SSSR count). The minimum atomic E-state index is -3.77. The standard InChI is InChI=1S/C24H28N4O5S/c1-18(29)26-10-12-28(13-11-26)34(31,32)22-5-3-4-20(17-22)24(30)25-21-6-7-23-19(16-21)8-9-27(23)14-15-33-2/h3-9,16-17H,10-15H2,1-2H3,(H,25,30). The zero-order valence-corrected chi connectivity index (χ0v) is 20.0. The van der Waals surface area contributed by atoms with Crippen LogP contribution in [0, 0.1) is 0 Å². The number of amides is 2. The summed E-state index contributed by atoms with van der Waals surface area (Å²) in [5.41, 5.74) is 1.91. The van der Waals surface area contributed by atoms with Crippen LogP contribution in [0.5, 0.6) is 0 Å². The lowest BCUT2D eigenvalue weighted by Crippen LogP contribution is -2.49. The summed E-state index contributed by atoms with van der Waals surface area (Å²) in [5.74, 6) is -0.461. The van der Waals surface area contributed by atoms with Gasteiger partial charge in [0.15, 0.2) is 0 Å². The Morgan fingerprint density at radius 2 is 1.79 bits per heavy atom. The van der Waals surface area contributed by atoms with Gasteiger partial charge in [-0.05, 0) is 42.5 Å². The Morgan fingerprint density at radius 1 is 1.03 bits per heavy atom. The highest BCUT2D eigenvalue weighted by molar-refractivity contribution is 7.89. The fourth-order valence-electron chi connectivity index (χ4n) is 4.06. The van der Waals surface area contributed by atoms with E-state index in [0.29, 0.717) is 25.4 Å². The van der Waals surface area contributed by atoms with Gasteiger partial charge in [0.25, 0.3) is 5.91 Å². The molecule has 2 heterocycles. The van der Waals surface area contributed by atoms with Crippen LogP contribution >= 0.6 is 0 Å². The zero-order valence-electron chi connectivity index (χ0n) is 19.2. The number of ether oxygens (including phenoxy) is 1. The van der Waals surface area contributed by atoms with Gasteiger partial charge in [0.1, 0.15) is 0 Å². The van der Waals surface area contributed by atoms with Crippen LogP contribution in [0.15, 0.2) is 59.6 Å². The molecule has 2 aromatic carbocycles. The number of carbonyl (C=O) groups is 2. The smallest absolute Gasteiger partial charge is 0.255 e. The van der Waals surface area contributed by atoms with E-state index < -0.39 is 15.9 Å². The number of carbonyl (C=O) groups excluding carboxylic acids is 2. The number of methoxy groups -OCH3 is 1. The van der Waals surface area contributed by atoms with Crippen molar-refractivity contribution in [1.82, 2.24) is 13.8 Å². The van der Waals surface area contributed by atoms with Crippen molar-refractivity contribution in [2.24, 2.45) is 0 Å². The Kier molecular flexibility index (Phi) is 7.01. The second-order valence-electron chi connectivity index (χ2n) is 8.17. The molecular weight excluding hydrogens is 456 g/mol. The molecule has 10 heteroatoms. The van der Waals surface area contributed by atoms with Crippen molar-refractivity contribution in [3.63, 3.8) is 0 Å². The van der Waals surface area contributed by atoms with E-state index in [4.69, 9.17) is 4.74 Å². The van der Waals surface area contributed by atoms with Gasteiger partial charge in [-0.1, -0.05) is 6.07 Å². The van der Waals surface area contributed by atoms with Crippen LogP contribution in [0.4, 0.5) is 5.69 Å². The normalized spacial score (nSPS) is 14.9. The number of hydrogen-bond acceptors (Lipinski definition) is 5. The van der Waals surface area contributed by atoms with Gasteiger partial charge in [-0.15, -0.1) is 0 Å². The highest BCUT2D eigenvalue weighted by atomic mass is 32.2. The van der Waals surface area contributed by atoms with E-state index in [-0.39, 0.29) is 29.5 Å². The first-order valence-corrected chi connectivity index (χ1v) is 12.5. The highest BCUT2D eigenvalue weighted by Gasteiger charge is 2.29. The van der Waals surface area contributed by atoms with Gasteiger partial charge < -0.3 is 19.5 Å². The van der Waals surface area contributed by atoms with E-state index in [1.54, 1.807) is 24.1 Å². The van der Waals surface area contributed by atoms with E-state index in [2.05, 4.69) is 9.88 Å². The van der Waals surface area contributed by atoms with Gasteiger partial charge in [-0.2, -0.15) is 4.31 Å². The number of benzene rings is 2. The SMILES string of the molecule is COCCn1ccc2cc(NC(=O)c3cccc(S(=O)(=O)N4CCN(C(C)=O)CC4)c3)ccc21. The number of piperazine rings is 1. The van der Waals surface area contributed by atoms with Gasteiger partial charge in [0, 0.05) is 75.1 Å². The van der Waals surface area contributed by atoms with Crippen molar-refractivity contribution in [3.8, 4) is 0 Å². The minimum absolute atomic E-state index is 0.0575. The third kappa shape index (κ3) is 4.98. The zero-order chi connectivity index (χ0) is 24.3. The number of aromatic nitrogens is 1. The lowest BCUT2D eigenvalue weighted by atomic mass is 10.2. The Balaban J connectivity index is 1.48. The number of nitrogens with one attached hydrogen (secondary N) is 1. The van der Waals surface area contributed by atoms with Crippen molar-refractivity contribution >= 4 is 38.4 Å². The molecule has 0 unspecified atom stereocenters. The van der Waals surface area contributed by atoms with Crippen molar-refractivity contribution in [2.45, 2.75) is 18.4 Å². The molecule has 1 aliphatic rings. The average Bonchev–Trinajstić information content (AvgIpc) is 3.25. The average molecular weight is 485 g/mol. The lowest BCUT2D eigenvalue weighted by molar-refractivity contribution is -0.129. The van der Waals surface area contributed by atoms with Gasteiger partial charge in [-0.25, -0.2) is 8.42 Å². The Morgan fingerprint density at radius 3 is 2.50 bits per heavy atom. The summed E-state index contributed by atoms with van der Waals surface area (Å²) in [6.45, 7) is 3.96. The predicted octanol–water partition coefficient (Wildman–Crippen LogP) is 2.39. The van der Waals surface area contributed by atoms with Gasteiger partial charge in [-0.3, -0.25) is 9.59 Å². The molecule has 0 saturated carbocycles. The maximum Gasteiger partial charge on any atom is 0.255 e. The van der Waals surface area contributed by atoms with E-state index in [0.717, 1.165) is 17.4 Å². The molecule has 0 radical (unpaired) electrons. The number of sulfonamides is 1. The van der Waals surface area contributed by atoms with E-state index in [1.807, 2.05) is 30.5 Å². The molecule has 1 aliphatic heterocycles. The van der Waals surface area contributed by atoms with Gasteiger partial charge in [0.2, 0.25) is 15.9 Å². The van der Waals surface area contributed by atoms with Crippen LogP contribution in [-0.4, -0.2) is 73.9 Å². The van der Waals surface area contributed by atoms with Crippen LogP contribution in [-0.2, 0) is 26.1 Å². The Hall–Kier alpha value is -3.21. The van der Waals surface area contributed by atoms with Crippen LogP contribution in [0.3, 0.4) is 0 Å². The molecule has 1 aromatic heterocycles. The first kappa shape index (κ1) is 23.9. The molecule has 3 aromatic rings. The number of anilines is 1. The second-order valence-corrected chi connectivity index (χ2v) is 10.1. The van der Waals surface area contributed by atoms with E-state index >= 15 is 0 Å². The molecule has 180 valence electrons. The summed E-state index contributed by atoms with van der Waals surface area (Å²) in [6.07, 6.45) is 1.97. The molecule has 1 fully saturated rings. The highest BCUT2D eigenvalue weighted by Crippen LogP contribution is 2.23. The fourth-order valence-corrected chi connectivity index (χ4v) is 5.52. The fraction of sp³-hybridized carbons (Fsp3) is 0.333. The largest absolute Gasteiger partial charge is 0.383 e. The molecular formula is C24H28N4O5S. The maximum atomic E-state index is 13.1. The number of nitrogens with zero attached hydrogens (tertiary/aromatic N) is 3. The molecule has 1 N–H and O–H groups in total. The Bertz CT molecular complexity index is 1310. The van der Waals surface area contributed by atoms with Crippen molar-refractivity contribution < 1.29 is 22.7 Å². The topological polar surface area (TPSA) is 101 Å². The lowest BCUT2D eigenvalue weighted by Gasteiger charge is -2.33. The molecule has 0 atom stereocenters. The minimum Gasteiger partial charge on any atom is -0.383 e. The third-order valence-corrected chi connectivity index (χ3v) is 7.88. The molecule has 0 aliphatic carbocycles. The quantitative estimate of drug-likeness (QED) is 0.555.